The molecule has 1 amide bonds. The molecule has 0 bridgehead atoms. The molecule has 2 rings (SSSR count). The van der Waals surface area contributed by atoms with E-state index in [4.69, 9.17) is 13.9 Å². The summed E-state index contributed by atoms with van der Waals surface area (Å²) in [5.41, 5.74) is 0.0638. The Balaban J connectivity index is 2.38. The van der Waals surface area contributed by atoms with Crippen molar-refractivity contribution in [1.29, 1.82) is 0 Å². The second-order valence-corrected chi connectivity index (χ2v) is 11.7. The summed E-state index contributed by atoms with van der Waals surface area (Å²) in [4.78, 5) is 29.9. The van der Waals surface area contributed by atoms with Crippen molar-refractivity contribution in [2.24, 2.45) is 4.99 Å². The number of aliphatic imine (C=N–C) groups is 1. The first kappa shape index (κ1) is 23.1. The van der Waals surface area contributed by atoms with E-state index >= 15 is 0 Å². The predicted molar refractivity (Wildman–Crippen MR) is 115 cm³/mol. The monoisotopic (exact) mass is 420 g/mol. The van der Waals surface area contributed by atoms with Crippen molar-refractivity contribution >= 4 is 27.4 Å². The molecule has 1 saturated heterocycles. The predicted octanol–water partition coefficient (Wildman–Crippen LogP) is 3.37. The largest absolute Gasteiger partial charge is 0.493 e. The highest BCUT2D eigenvalue weighted by Gasteiger charge is 2.41. The Morgan fingerprint density at radius 2 is 1.79 bits per heavy atom. The number of carbonyl (C=O) groups is 1. The van der Waals surface area contributed by atoms with Crippen molar-refractivity contribution < 1.29 is 23.5 Å². The Morgan fingerprint density at radius 1 is 1.17 bits per heavy atom. The van der Waals surface area contributed by atoms with Crippen molar-refractivity contribution in [3.8, 4) is 11.5 Å². The number of isocyanates is 1. The molecule has 0 radical (unpaired) electrons. The normalized spacial score (nSPS) is 17.5. The fourth-order valence-corrected chi connectivity index (χ4v) is 4.56. The van der Waals surface area contributed by atoms with Gasteiger partial charge in [-0.25, -0.2) is 4.79 Å². The molecule has 0 aromatic heterocycles. The van der Waals surface area contributed by atoms with Gasteiger partial charge in [-0.15, -0.1) is 0 Å². The second-order valence-electron chi connectivity index (χ2n) is 9.04. The first-order valence-corrected chi connectivity index (χ1v) is 11.1. The van der Waals surface area contributed by atoms with Crippen LogP contribution in [-0.4, -0.2) is 59.1 Å². The highest BCUT2D eigenvalue weighted by molar-refractivity contribution is 6.31. The van der Waals surface area contributed by atoms with E-state index in [9.17, 15) is 9.59 Å². The van der Waals surface area contributed by atoms with Gasteiger partial charge in [0.05, 0.1) is 37.1 Å². The van der Waals surface area contributed by atoms with Gasteiger partial charge in [0.2, 0.25) is 6.08 Å². The first-order valence-electron chi connectivity index (χ1n) is 9.83. The van der Waals surface area contributed by atoms with E-state index in [1.807, 2.05) is 4.90 Å². The quantitative estimate of drug-likeness (QED) is 0.384. The third-order valence-electron chi connectivity index (χ3n) is 5.09. The lowest BCUT2D eigenvalue weighted by molar-refractivity contribution is 0.0179. The molecule has 29 heavy (non-hydrogen) atoms. The van der Waals surface area contributed by atoms with Crippen molar-refractivity contribution in [2.45, 2.75) is 64.1 Å². The Morgan fingerprint density at radius 3 is 2.34 bits per heavy atom. The zero-order valence-corrected chi connectivity index (χ0v) is 19.9. The molecule has 1 fully saturated rings. The minimum atomic E-state index is -0.777. The van der Waals surface area contributed by atoms with Crippen LogP contribution in [-0.2, 0) is 9.22 Å². The molecule has 1 aromatic rings. The molecule has 1 aromatic carbocycles. The number of benzene rings is 1. The molecule has 160 valence electrons. The van der Waals surface area contributed by atoms with Crippen molar-refractivity contribution in [3.63, 3.8) is 0 Å². The van der Waals surface area contributed by atoms with Gasteiger partial charge in [-0.05, 0) is 37.8 Å². The summed E-state index contributed by atoms with van der Waals surface area (Å²) >= 11 is 0. The summed E-state index contributed by atoms with van der Waals surface area (Å²) in [6.07, 6.45) is 3.30. The molecule has 7 nitrogen and oxygen atoms in total. The van der Waals surface area contributed by atoms with Gasteiger partial charge >= 0.3 is 0 Å². The van der Waals surface area contributed by atoms with Crippen LogP contribution in [0, 0.1) is 0 Å². The fraction of sp³-hybridized carbons (Fsp3) is 0.619. The molecule has 1 aliphatic heterocycles. The summed E-state index contributed by atoms with van der Waals surface area (Å²) < 4.78 is 17.0. The molecule has 1 atom stereocenters. The average Bonchev–Trinajstić information content (AvgIpc) is 3.16. The zero-order chi connectivity index (χ0) is 21.8. The molecule has 8 heteroatoms. The van der Waals surface area contributed by atoms with Crippen molar-refractivity contribution in [3.05, 3.63) is 17.7 Å². The minimum Gasteiger partial charge on any atom is -0.493 e. The number of ether oxygens (including phenoxy) is 2. The number of hydrogen-bond donors (Lipinski definition) is 0. The fourth-order valence-electron chi connectivity index (χ4n) is 3.57. The number of rotatable bonds is 7. The minimum absolute atomic E-state index is 0.0500. The average molecular weight is 421 g/mol. The number of carbonyl (C=O) groups excluding carboxylic acids is 2. The van der Waals surface area contributed by atoms with Crippen molar-refractivity contribution in [1.82, 2.24) is 4.90 Å². The zero-order valence-electron chi connectivity index (χ0n) is 18.5. The maximum atomic E-state index is 13.5. The van der Waals surface area contributed by atoms with E-state index in [1.54, 1.807) is 6.07 Å². The smallest absolute Gasteiger partial charge is 0.256 e. The molecule has 0 spiro atoms. The number of methoxy groups -OCH3 is 2. The summed E-state index contributed by atoms with van der Waals surface area (Å²) in [5, 5.41) is 0.167. The molecule has 0 saturated carbocycles. The van der Waals surface area contributed by atoms with Gasteiger partial charge in [0.1, 0.15) is 0 Å². The van der Waals surface area contributed by atoms with E-state index in [-0.39, 0.29) is 22.7 Å². The number of amides is 1. The van der Waals surface area contributed by atoms with Gasteiger partial charge in [-0.1, -0.05) is 20.8 Å². The molecule has 0 aliphatic carbocycles. The Kier molecular flexibility index (Phi) is 7.27. The Hall–Kier alpha value is -2.15. The van der Waals surface area contributed by atoms with Crippen LogP contribution < -0.4 is 9.47 Å². The summed E-state index contributed by atoms with van der Waals surface area (Å²) in [5.74, 6) is 0.611. The maximum Gasteiger partial charge on any atom is 0.256 e. The van der Waals surface area contributed by atoms with Gasteiger partial charge in [-0.2, -0.15) is 4.99 Å². The number of likely N-dealkylation sites (tertiary alicyclic amines) is 1. The van der Waals surface area contributed by atoms with Gasteiger partial charge < -0.3 is 18.8 Å². The number of hydrogen-bond acceptors (Lipinski definition) is 6. The van der Waals surface area contributed by atoms with Gasteiger partial charge in [0.25, 0.3) is 5.91 Å². The third-order valence-corrected chi connectivity index (χ3v) is 6.85. The number of nitrogens with zero attached hydrogens (tertiary/aromatic N) is 2. The lowest BCUT2D eigenvalue weighted by Gasteiger charge is -2.39. The van der Waals surface area contributed by atoms with Crippen LogP contribution in [0.4, 0.5) is 5.69 Å². The summed E-state index contributed by atoms with van der Waals surface area (Å²) in [6.45, 7) is 11.3. The SMILES string of the molecule is COc1cc(N=C=O)c(C(=O)N2CCCC2C(C)(C)O[SiH2]C(C)(C)C)cc1OC. The molecular weight excluding hydrogens is 388 g/mol. The van der Waals surface area contributed by atoms with Crippen LogP contribution in [0.2, 0.25) is 5.04 Å². The standard InChI is InChI=1S/C21H32N2O5Si/c1-20(2,3)29-28-21(4,5)18-9-8-10-23(18)19(25)14-11-16(26-6)17(27-7)12-15(14)22-13-24/h11-12,18H,8-10,29H2,1-7H3. The highest BCUT2D eigenvalue weighted by atomic mass is 28.2. The maximum absolute atomic E-state index is 13.5. The Bertz CT molecular complexity index is 797. The second kappa shape index (κ2) is 9.11. The van der Waals surface area contributed by atoms with E-state index < -0.39 is 15.4 Å². The first-order chi connectivity index (χ1) is 13.5. The van der Waals surface area contributed by atoms with Crippen LogP contribution in [0.15, 0.2) is 17.1 Å². The molecular formula is C21H32N2O5Si. The van der Waals surface area contributed by atoms with Crippen LogP contribution in [0.25, 0.3) is 0 Å². The van der Waals surface area contributed by atoms with Gasteiger partial charge in [0.15, 0.2) is 21.3 Å². The third kappa shape index (κ3) is 5.47. The Labute approximate surface area is 175 Å². The summed E-state index contributed by atoms with van der Waals surface area (Å²) in [6, 6.07) is 3.05. The lowest BCUT2D eigenvalue weighted by Crippen LogP contribution is -2.50. The summed E-state index contributed by atoms with van der Waals surface area (Å²) in [7, 11) is 2.21. The topological polar surface area (TPSA) is 77.4 Å². The molecule has 1 unspecified atom stereocenters. The van der Waals surface area contributed by atoms with Gasteiger partial charge in [0, 0.05) is 12.6 Å². The molecule has 1 aliphatic rings. The van der Waals surface area contributed by atoms with Crippen LogP contribution >= 0.6 is 0 Å². The van der Waals surface area contributed by atoms with E-state index in [2.05, 4.69) is 39.6 Å². The van der Waals surface area contributed by atoms with Crippen LogP contribution in [0.1, 0.15) is 57.8 Å². The van der Waals surface area contributed by atoms with Crippen LogP contribution in [0.5, 0.6) is 11.5 Å². The van der Waals surface area contributed by atoms with Crippen molar-refractivity contribution in [2.75, 3.05) is 20.8 Å². The van der Waals surface area contributed by atoms with Gasteiger partial charge in [-0.3, -0.25) is 4.79 Å². The highest BCUT2D eigenvalue weighted by Crippen LogP contribution is 2.38. The van der Waals surface area contributed by atoms with E-state index in [0.717, 1.165) is 12.8 Å². The lowest BCUT2D eigenvalue weighted by atomic mass is 9.96. The van der Waals surface area contributed by atoms with Crippen LogP contribution in [0.3, 0.4) is 0 Å². The molecule has 0 N–H and O–H groups in total. The van der Waals surface area contributed by atoms with E-state index in [1.165, 1.54) is 26.4 Å². The van der Waals surface area contributed by atoms with E-state index in [0.29, 0.717) is 23.6 Å². The molecule has 1 heterocycles.